The lowest BCUT2D eigenvalue weighted by Gasteiger charge is -2.18. The largest absolute Gasteiger partial charge is 0.348 e. The van der Waals surface area contributed by atoms with Crippen LogP contribution in [0.3, 0.4) is 0 Å². The van der Waals surface area contributed by atoms with Crippen LogP contribution >= 0.6 is 11.3 Å². The number of rotatable bonds is 3. The molecule has 0 aliphatic heterocycles. The Morgan fingerprint density at radius 1 is 1.38 bits per heavy atom. The summed E-state index contributed by atoms with van der Waals surface area (Å²) < 4.78 is 12.8. The van der Waals surface area contributed by atoms with E-state index in [4.69, 9.17) is 0 Å². The van der Waals surface area contributed by atoms with Crippen LogP contribution in [0.4, 0.5) is 4.39 Å². The molecule has 2 nitrogen and oxygen atoms in total. The minimum atomic E-state index is -0.258. The molecular weight excluding hydrogens is 285 g/mol. The number of hydrogen-bond donors (Lipinski definition) is 1. The molecule has 1 aromatic heterocycles. The van der Waals surface area contributed by atoms with Crippen molar-refractivity contribution < 1.29 is 9.18 Å². The maximum absolute atomic E-state index is 12.8. The first-order chi connectivity index (χ1) is 10.1. The first-order valence-electron chi connectivity index (χ1n) is 7.25. The van der Waals surface area contributed by atoms with Gasteiger partial charge in [0.05, 0.1) is 5.56 Å². The number of amides is 1. The third kappa shape index (κ3) is 3.16. The highest BCUT2D eigenvalue weighted by atomic mass is 32.1. The molecule has 0 radical (unpaired) electrons. The fourth-order valence-corrected chi connectivity index (χ4v) is 3.99. The van der Waals surface area contributed by atoms with E-state index < -0.39 is 0 Å². The van der Waals surface area contributed by atoms with Gasteiger partial charge in [0.25, 0.3) is 5.91 Å². The normalized spacial score (nSPS) is 17.3. The summed E-state index contributed by atoms with van der Waals surface area (Å²) in [5, 5.41) is 4.90. The van der Waals surface area contributed by atoms with E-state index in [9.17, 15) is 9.18 Å². The third-order valence-corrected chi connectivity index (χ3v) is 5.06. The van der Waals surface area contributed by atoms with Crippen molar-refractivity contribution in [1.29, 1.82) is 0 Å². The van der Waals surface area contributed by atoms with E-state index >= 15 is 0 Å². The van der Waals surface area contributed by atoms with Gasteiger partial charge in [-0.2, -0.15) is 0 Å². The van der Waals surface area contributed by atoms with Gasteiger partial charge in [0.15, 0.2) is 0 Å². The van der Waals surface area contributed by atoms with E-state index in [1.165, 1.54) is 22.6 Å². The minimum absolute atomic E-state index is 0.0219. The molecule has 1 N–H and O–H groups in total. The van der Waals surface area contributed by atoms with Gasteiger partial charge in [-0.25, -0.2) is 4.39 Å². The first-order valence-corrected chi connectivity index (χ1v) is 8.13. The van der Waals surface area contributed by atoms with Crippen LogP contribution < -0.4 is 5.32 Å². The predicted octanol–water partition coefficient (Wildman–Crippen LogP) is 3.94. The molecule has 0 saturated carbocycles. The molecule has 1 heterocycles. The van der Waals surface area contributed by atoms with Gasteiger partial charge in [-0.3, -0.25) is 4.79 Å². The topological polar surface area (TPSA) is 29.1 Å². The van der Waals surface area contributed by atoms with Crippen molar-refractivity contribution in [2.24, 2.45) is 5.92 Å². The number of thiophene rings is 1. The molecule has 0 saturated heterocycles. The maximum Gasteiger partial charge on any atom is 0.252 e. The molecule has 110 valence electrons. The lowest BCUT2D eigenvalue weighted by Crippen LogP contribution is -2.24. The van der Waals surface area contributed by atoms with Gasteiger partial charge in [-0.15, -0.1) is 11.3 Å². The SMILES string of the molecule is CC1CCc2c(C(=O)NCc3ccc(F)cc3)csc2C1. The highest BCUT2D eigenvalue weighted by Crippen LogP contribution is 2.32. The Hall–Kier alpha value is -1.68. The average molecular weight is 303 g/mol. The monoisotopic (exact) mass is 303 g/mol. The fraction of sp³-hybridized carbons (Fsp3) is 0.353. The summed E-state index contributed by atoms with van der Waals surface area (Å²) in [5.41, 5.74) is 2.96. The maximum atomic E-state index is 12.8. The van der Waals surface area contributed by atoms with Crippen molar-refractivity contribution in [2.75, 3.05) is 0 Å². The van der Waals surface area contributed by atoms with Crippen molar-refractivity contribution in [3.05, 3.63) is 57.0 Å². The number of fused-ring (bicyclic) bond motifs is 1. The molecule has 1 aromatic carbocycles. The molecule has 1 aliphatic carbocycles. The highest BCUT2D eigenvalue weighted by Gasteiger charge is 2.22. The Morgan fingerprint density at radius 3 is 2.90 bits per heavy atom. The van der Waals surface area contributed by atoms with Crippen LogP contribution in [-0.2, 0) is 19.4 Å². The Labute approximate surface area is 128 Å². The van der Waals surface area contributed by atoms with Crippen LogP contribution in [0.2, 0.25) is 0 Å². The van der Waals surface area contributed by atoms with Crippen molar-refractivity contribution in [1.82, 2.24) is 5.32 Å². The van der Waals surface area contributed by atoms with Gasteiger partial charge in [0.1, 0.15) is 5.82 Å². The van der Waals surface area contributed by atoms with Crippen LogP contribution in [0.1, 0.15) is 39.7 Å². The van der Waals surface area contributed by atoms with Gasteiger partial charge < -0.3 is 5.32 Å². The minimum Gasteiger partial charge on any atom is -0.348 e. The van der Waals surface area contributed by atoms with E-state index in [0.717, 1.165) is 30.4 Å². The van der Waals surface area contributed by atoms with Crippen LogP contribution in [-0.4, -0.2) is 5.91 Å². The molecule has 21 heavy (non-hydrogen) atoms. The molecule has 4 heteroatoms. The van der Waals surface area contributed by atoms with Gasteiger partial charge in [0.2, 0.25) is 0 Å². The second-order valence-electron chi connectivity index (χ2n) is 5.71. The zero-order chi connectivity index (χ0) is 14.8. The molecule has 1 amide bonds. The van der Waals surface area contributed by atoms with Crippen molar-refractivity contribution in [3.63, 3.8) is 0 Å². The predicted molar refractivity (Wildman–Crippen MR) is 83.1 cm³/mol. The Balaban J connectivity index is 1.67. The molecule has 1 aliphatic rings. The van der Waals surface area contributed by atoms with Crippen LogP contribution in [0, 0.1) is 11.7 Å². The van der Waals surface area contributed by atoms with Crippen LogP contribution in [0.5, 0.6) is 0 Å². The Bertz CT molecular complexity index is 647. The second kappa shape index (κ2) is 5.98. The summed E-state index contributed by atoms with van der Waals surface area (Å²) in [4.78, 5) is 13.7. The number of halogens is 1. The standard InChI is InChI=1S/C17H18FNOS/c1-11-2-7-14-15(10-21-16(14)8-11)17(20)19-9-12-3-5-13(18)6-4-12/h3-6,10-11H,2,7-9H2,1H3,(H,19,20). The number of benzene rings is 1. The average Bonchev–Trinajstić information content (AvgIpc) is 2.89. The third-order valence-electron chi connectivity index (χ3n) is 4.01. The lowest BCUT2D eigenvalue weighted by atomic mass is 9.88. The zero-order valence-electron chi connectivity index (χ0n) is 12.0. The molecule has 0 bridgehead atoms. The van der Waals surface area contributed by atoms with Gasteiger partial charge in [-0.05, 0) is 48.4 Å². The van der Waals surface area contributed by atoms with E-state index in [2.05, 4.69) is 12.2 Å². The summed E-state index contributed by atoms with van der Waals surface area (Å²) in [6, 6.07) is 6.21. The van der Waals surface area contributed by atoms with Gasteiger partial charge in [-0.1, -0.05) is 19.1 Å². The van der Waals surface area contributed by atoms with Gasteiger partial charge in [0, 0.05) is 16.8 Å². The Morgan fingerprint density at radius 2 is 2.14 bits per heavy atom. The highest BCUT2D eigenvalue weighted by molar-refractivity contribution is 7.10. The first kappa shape index (κ1) is 14.3. The lowest BCUT2D eigenvalue weighted by molar-refractivity contribution is 0.0950. The molecular formula is C17H18FNOS. The molecule has 0 spiro atoms. The van der Waals surface area contributed by atoms with E-state index in [1.807, 2.05) is 5.38 Å². The molecule has 2 aromatic rings. The fourth-order valence-electron chi connectivity index (χ4n) is 2.75. The van der Waals surface area contributed by atoms with E-state index in [-0.39, 0.29) is 11.7 Å². The van der Waals surface area contributed by atoms with Crippen molar-refractivity contribution in [2.45, 2.75) is 32.7 Å². The summed E-state index contributed by atoms with van der Waals surface area (Å²) >= 11 is 1.70. The summed E-state index contributed by atoms with van der Waals surface area (Å²) in [6.07, 6.45) is 3.24. The van der Waals surface area contributed by atoms with Crippen LogP contribution in [0.15, 0.2) is 29.6 Å². The molecule has 3 rings (SSSR count). The Kier molecular flexibility index (Phi) is 4.06. The molecule has 1 atom stereocenters. The van der Waals surface area contributed by atoms with Crippen molar-refractivity contribution >= 4 is 17.2 Å². The second-order valence-corrected chi connectivity index (χ2v) is 6.67. The van der Waals surface area contributed by atoms with Crippen molar-refractivity contribution in [3.8, 4) is 0 Å². The number of carbonyl (C=O) groups is 1. The number of nitrogens with one attached hydrogen (secondary N) is 1. The number of carbonyl (C=O) groups excluding carboxylic acids is 1. The number of hydrogen-bond acceptors (Lipinski definition) is 2. The molecule has 0 fully saturated rings. The van der Waals surface area contributed by atoms with E-state index in [0.29, 0.717) is 12.5 Å². The molecule has 1 unspecified atom stereocenters. The summed E-state index contributed by atoms with van der Waals surface area (Å²) in [6.45, 7) is 2.69. The zero-order valence-corrected chi connectivity index (χ0v) is 12.8. The van der Waals surface area contributed by atoms with Gasteiger partial charge >= 0.3 is 0 Å². The summed E-state index contributed by atoms with van der Waals surface area (Å²) in [7, 11) is 0. The van der Waals surface area contributed by atoms with Crippen LogP contribution in [0.25, 0.3) is 0 Å². The smallest absolute Gasteiger partial charge is 0.252 e. The quantitative estimate of drug-likeness (QED) is 0.914. The van der Waals surface area contributed by atoms with E-state index in [1.54, 1.807) is 23.5 Å². The summed E-state index contributed by atoms with van der Waals surface area (Å²) in [5.74, 6) is 0.434.